The quantitative estimate of drug-likeness (QED) is 0.321. The molecule has 4 aromatic rings. The van der Waals surface area contributed by atoms with Crippen LogP contribution in [0.25, 0.3) is 10.8 Å². The van der Waals surface area contributed by atoms with Crippen molar-refractivity contribution in [2.45, 2.75) is 16.7 Å². The predicted molar refractivity (Wildman–Crippen MR) is 128 cm³/mol. The van der Waals surface area contributed by atoms with Gasteiger partial charge in [0.05, 0.1) is 23.2 Å². The fourth-order valence-corrected chi connectivity index (χ4v) is 6.16. The Labute approximate surface area is 195 Å². The fraction of sp³-hybridized carbons (Fsp3) is 0.130. The standard InChI is InChI=1S/C23H19Cl2NO3S2/c1-29-16-10-8-15(9-11-16)13-21(26-31(27,28)22-7-4-12-30-22)19-14-20(24)23(25)18-6-3-2-5-17(18)19/h2-12,14,21,26H,13H2,1H3. The molecule has 8 heteroatoms. The molecule has 0 saturated heterocycles. The normalized spacial score (nSPS) is 12.7. The Morgan fingerprint density at radius 2 is 1.71 bits per heavy atom. The molecular weight excluding hydrogens is 473 g/mol. The Bertz CT molecular complexity index is 1300. The first-order valence-corrected chi connectivity index (χ1v) is 12.6. The van der Waals surface area contributed by atoms with E-state index in [4.69, 9.17) is 27.9 Å². The third-order valence-electron chi connectivity index (χ3n) is 5.00. The molecule has 0 bridgehead atoms. The number of nitrogens with one attached hydrogen (secondary N) is 1. The summed E-state index contributed by atoms with van der Waals surface area (Å²) in [5.74, 6) is 0.736. The second kappa shape index (κ2) is 9.18. The van der Waals surface area contributed by atoms with Gasteiger partial charge in [0, 0.05) is 5.39 Å². The summed E-state index contributed by atoms with van der Waals surface area (Å²) in [6, 6.07) is 19.6. The Morgan fingerprint density at radius 3 is 2.35 bits per heavy atom. The van der Waals surface area contributed by atoms with Gasteiger partial charge in [0.15, 0.2) is 0 Å². The Morgan fingerprint density at radius 1 is 1.00 bits per heavy atom. The zero-order valence-electron chi connectivity index (χ0n) is 16.5. The van der Waals surface area contributed by atoms with Gasteiger partial charge in [-0.3, -0.25) is 0 Å². The van der Waals surface area contributed by atoms with Gasteiger partial charge in [0.25, 0.3) is 10.0 Å². The monoisotopic (exact) mass is 491 g/mol. The van der Waals surface area contributed by atoms with Crippen LogP contribution in [0.3, 0.4) is 0 Å². The van der Waals surface area contributed by atoms with Crippen LogP contribution in [0.15, 0.2) is 76.3 Å². The number of ether oxygens (including phenoxy) is 1. The molecule has 0 radical (unpaired) electrons. The van der Waals surface area contributed by atoms with Crippen molar-refractivity contribution in [3.05, 3.63) is 93.3 Å². The van der Waals surface area contributed by atoms with Crippen molar-refractivity contribution < 1.29 is 13.2 Å². The zero-order chi connectivity index (χ0) is 22.0. The molecule has 4 nitrogen and oxygen atoms in total. The molecule has 0 saturated carbocycles. The molecule has 0 aliphatic carbocycles. The van der Waals surface area contributed by atoms with Gasteiger partial charge >= 0.3 is 0 Å². The van der Waals surface area contributed by atoms with E-state index in [9.17, 15) is 8.42 Å². The molecule has 1 atom stereocenters. The Hall–Kier alpha value is -2.09. The molecule has 1 N–H and O–H groups in total. The summed E-state index contributed by atoms with van der Waals surface area (Å²) in [6.07, 6.45) is 0.427. The van der Waals surface area contributed by atoms with E-state index < -0.39 is 16.1 Å². The van der Waals surface area contributed by atoms with Crippen molar-refractivity contribution in [3.8, 4) is 5.75 Å². The molecule has 0 aliphatic rings. The van der Waals surface area contributed by atoms with Gasteiger partial charge in [-0.1, -0.05) is 65.7 Å². The summed E-state index contributed by atoms with van der Waals surface area (Å²) < 4.78 is 34.5. The van der Waals surface area contributed by atoms with Crippen LogP contribution in [-0.4, -0.2) is 15.5 Å². The topological polar surface area (TPSA) is 55.4 Å². The van der Waals surface area contributed by atoms with E-state index in [0.29, 0.717) is 16.5 Å². The van der Waals surface area contributed by atoms with Crippen LogP contribution in [-0.2, 0) is 16.4 Å². The third kappa shape index (κ3) is 4.73. The van der Waals surface area contributed by atoms with Crippen LogP contribution >= 0.6 is 34.5 Å². The number of benzene rings is 3. The van der Waals surface area contributed by atoms with E-state index in [1.807, 2.05) is 48.5 Å². The second-order valence-electron chi connectivity index (χ2n) is 6.97. The highest BCUT2D eigenvalue weighted by atomic mass is 35.5. The summed E-state index contributed by atoms with van der Waals surface area (Å²) in [4.78, 5) is 0. The van der Waals surface area contributed by atoms with Gasteiger partial charge in [0.2, 0.25) is 0 Å². The van der Waals surface area contributed by atoms with E-state index in [1.54, 1.807) is 30.7 Å². The molecule has 1 heterocycles. The molecule has 0 aliphatic heterocycles. The van der Waals surface area contributed by atoms with Gasteiger partial charge < -0.3 is 4.74 Å². The lowest BCUT2D eigenvalue weighted by Crippen LogP contribution is -2.29. The van der Waals surface area contributed by atoms with Crippen molar-refractivity contribution in [1.29, 1.82) is 0 Å². The zero-order valence-corrected chi connectivity index (χ0v) is 19.7. The number of methoxy groups -OCH3 is 1. The first kappa shape index (κ1) is 22.1. The Kier molecular flexibility index (Phi) is 6.55. The minimum absolute atomic E-state index is 0.261. The molecule has 160 valence electrons. The number of halogens is 2. The lowest BCUT2D eigenvalue weighted by Gasteiger charge is -2.22. The maximum absolute atomic E-state index is 13.1. The van der Waals surface area contributed by atoms with Gasteiger partial charge in [0.1, 0.15) is 9.96 Å². The highest BCUT2D eigenvalue weighted by Crippen LogP contribution is 2.37. The van der Waals surface area contributed by atoms with Crippen LogP contribution in [0.2, 0.25) is 10.0 Å². The highest BCUT2D eigenvalue weighted by molar-refractivity contribution is 7.91. The van der Waals surface area contributed by atoms with Crippen LogP contribution in [0.4, 0.5) is 0 Å². The van der Waals surface area contributed by atoms with E-state index in [1.165, 1.54) is 11.3 Å². The van der Waals surface area contributed by atoms with Crippen molar-refractivity contribution >= 4 is 55.3 Å². The summed E-state index contributed by atoms with van der Waals surface area (Å²) in [7, 11) is -2.12. The van der Waals surface area contributed by atoms with Crippen molar-refractivity contribution in [2.24, 2.45) is 0 Å². The van der Waals surface area contributed by atoms with Crippen LogP contribution < -0.4 is 9.46 Å². The lowest BCUT2D eigenvalue weighted by molar-refractivity contribution is 0.414. The minimum Gasteiger partial charge on any atom is -0.497 e. The molecule has 3 aromatic carbocycles. The summed E-state index contributed by atoms with van der Waals surface area (Å²) in [5, 5.41) is 4.20. The van der Waals surface area contributed by atoms with Crippen molar-refractivity contribution in [3.63, 3.8) is 0 Å². The molecule has 1 unspecified atom stereocenters. The Balaban J connectivity index is 1.82. The van der Waals surface area contributed by atoms with E-state index in [-0.39, 0.29) is 4.21 Å². The average molecular weight is 492 g/mol. The average Bonchev–Trinajstić information content (AvgIpc) is 3.32. The van der Waals surface area contributed by atoms with Crippen LogP contribution in [0.1, 0.15) is 17.2 Å². The molecule has 0 amide bonds. The number of rotatable bonds is 7. The number of fused-ring (bicyclic) bond motifs is 1. The summed E-state index contributed by atoms with van der Waals surface area (Å²) >= 11 is 14.0. The lowest BCUT2D eigenvalue weighted by atomic mass is 9.94. The van der Waals surface area contributed by atoms with Crippen molar-refractivity contribution in [2.75, 3.05) is 7.11 Å². The molecule has 0 spiro atoms. The number of hydrogen-bond acceptors (Lipinski definition) is 4. The third-order valence-corrected chi connectivity index (χ3v) is 8.67. The molecule has 1 aromatic heterocycles. The van der Waals surface area contributed by atoms with E-state index in [2.05, 4.69) is 4.72 Å². The first-order chi connectivity index (χ1) is 14.9. The number of sulfonamides is 1. The maximum atomic E-state index is 13.1. The predicted octanol–water partition coefficient (Wildman–Crippen LogP) is 6.48. The minimum atomic E-state index is -3.72. The largest absolute Gasteiger partial charge is 0.497 e. The van der Waals surface area contributed by atoms with Gasteiger partial charge in [-0.05, 0) is 52.6 Å². The first-order valence-electron chi connectivity index (χ1n) is 9.44. The number of hydrogen-bond donors (Lipinski definition) is 1. The van der Waals surface area contributed by atoms with Gasteiger partial charge in [-0.2, -0.15) is 0 Å². The van der Waals surface area contributed by atoms with E-state index >= 15 is 0 Å². The van der Waals surface area contributed by atoms with Crippen LogP contribution in [0.5, 0.6) is 5.75 Å². The smallest absolute Gasteiger partial charge is 0.250 e. The van der Waals surface area contributed by atoms with E-state index in [0.717, 1.165) is 27.6 Å². The van der Waals surface area contributed by atoms with Gasteiger partial charge in [-0.25, -0.2) is 13.1 Å². The van der Waals surface area contributed by atoms with Gasteiger partial charge in [-0.15, -0.1) is 11.3 Å². The van der Waals surface area contributed by atoms with Crippen LogP contribution in [0, 0.1) is 0 Å². The highest BCUT2D eigenvalue weighted by Gasteiger charge is 2.25. The molecule has 4 rings (SSSR count). The maximum Gasteiger partial charge on any atom is 0.250 e. The molecular formula is C23H19Cl2NO3S2. The fourth-order valence-electron chi connectivity index (χ4n) is 3.50. The second-order valence-corrected chi connectivity index (χ2v) is 10.6. The number of thiophene rings is 1. The summed E-state index contributed by atoms with van der Waals surface area (Å²) in [5.41, 5.74) is 1.72. The molecule has 31 heavy (non-hydrogen) atoms. The summed E-state index contributed by atoms with van der Waals surface area (Å²) in [6.45, 7) is 0. The van der Waals surface area contributed by atoms with Crippen molar-refractivity contribution in [1.82, 2.24) is 4.72 Å². The SMILES string of the molecule is COc1ccc(CC(NS(=O)(=O)c2cccs2)c2cc(Cl)c(Cl)c3ccccc23)cc1. The molecule has 0 fully saturated rings.